The van der Waals surface area contributed by atoms with Crippen molar-refractivity contribution >= 4 is 11.1 Å². The summed E-state index contributed by atoms with van der Waals surface area (Å²) in [6.07, 6.45) is 2.41. The predicted octanol–water partition coefficient (Wildman–Crippen LogP) is 2.85. The van der Waals surface area contributed by atoms with E-state index < -0.39 is 0 Å². The lowest BCUT2D eigenvalue weighted by molar-refractivity contribution is 0.447. The van der Waals surface area contributed by atoms with E-state index in [0.29, 0.717) is 11.8 Å². The molecule has 1 heterocycles. The number of benzene rings is 1. The standard InChI is InChI=1S/C13H16N2O/c1-7-5-8(2)12-10(6-7)15-13(16-12)11(14)9-3-4-9/h5-6,9,11H,3-4,14H2,1-2H3. The maximum absolute atomic E-state index is 6.10. The van der Waals surface area contributed by atoms with Gasteiger partial charge in [-0.2, -0.15) is 0 Å². The average Bonchev–Trinajstić information content (AvgIpc) is 2.97. The monoisotopic (exact) mass is 216 g/mol. The molecule has 0 radical (unpaired) electrons. The number of nitrogens with two attached hydrogens (primary N) is 1. The van der Waals surface area contributed by atoms with Crippen molar-refractivity contribution in [1.82, 2.24) is 4.98 Å². The van der Waals surface area contributed by atoms with E-state index in [-0.39, 0.29) is 6.04 Å². The number of hydrogen-bond acceptors (Lipinski definition) is 3. The summed E-state index contributed by atoms with van der Waals surface area (Å²) in [4.78, 5) is 4.50. The quantitative estimate of drug-likeness (QED) is 0.839. The highest BCUT2D eigenvalue weighted by Crippen LogP contribution is 2.40. The van der Waals surface area contributed by atoms with Gasteiger partial charge in [0.1, 0.15) is 5.52 Å². The minimum Gasteiger partial charge on any atom is -0.439 e. The maximum Gasteiger partial charge on any atom is 0.212 e. The molecule has 0 amide bonds. The number of aryl methyl sites for hydroxylation is 2. The van der Waals surface area contributed by atoms with Gasteiger partial charge in [-0.1, -0.05) is 6.07 Å². The second kappa shape index (κ2) is 3.32. The van der Waals surface area contributed by atoms with Crippen LogP contribution in [0.5, 0.6) is 0 Å². The highest BCUT2D eigenvalue weighted by Gasteiger charge is 2.32. The van der Waals surface area contributed by atoms with Crippen LogP contribution in [0.15, 0.2) is 16.5 Å². The van der Waals surface area contributed by atoms with Gasteiger partial charge in [0.25, 0.3) is 0 Å². The van der Waals surface area contributed by atoms with E-state index in [2.05, 4.69) is 24.0 Å². The zero-order valence-electron chi connectivity index (χ0n) is 9.66. The molecular weight excluding hydrogens is 200 g/mol. The van der Waals surface area contributed by atoms with Gasteiger partial charge in [0.05, 0.1) is 6.04 Å². The number of rotatable bonds is 2. The molecule has 1 fully saturated rings. The Kier molecular flexibility index (Phi) is 2.04. The molecule has 1 saturated carbocycles. The fourth-order valence-electron chi connectivity index (χ4n) is 2.19. The Morgan fingerprint density at radius 1 is 1.38 bits per heavy atom. The van der Waals surface area contributed by atoms with Crippen molar-refractivity contribution in [2.24, 2.45) is 11.7 Å². The number of aromatic nitrogens is 1. The van der Waals surface area contributed by atoms with Crippen LogP contribution >= 0.6 is 0 Å². The summed E-state index contributed by atoms with van der Waals surface area (Å²) in [5.41, 5.74) is 10.3. The molecule has 2 aromatic rings. The van der Waals surface area contributed by atoms with Crippen molar-refractivity contribution in [1.29, 1.82) is 0 Å². The van der Waals surface area contributed by atoms with Crippen LogP contribution in [0.2, 0.25) is 0 Å². The topological polar surface area (TPSA) is 52.0 Å². The van der Waals surface area contributed by atoms with Crippen LogP contribution in [0.25, 0.3) is 11.1 Å². The van der Waals surface area contributed by atoms with Crippen molar-refractivity contribution in [2.75, 3.05) is 0 Å². The molecule has 1 atom stereocenters. The van der Waals surface area contributed by atoms with Gasteiger partial charge in [-0.05, 0) is 49.8 Å². The lowest BCUT2D eigenvalue weighted by atomic mass is 10.1. The number of hydrogen-bond donors (Lipinski definition) is 1. The predicted molar refractivity (Wildman–Crippen MR) is 63.1 cm³/mol. The van der Waals surface area contributed by atoms with Gasteiger partial charge in [0.2, 0.25) is 5.89 Å². The summed E-state index contributed by atoms with van der Waals surface area (Å²) >= 11 is 0. The van der Waals surface area contributed by atoms with Crippen LogP contribution in [0.3, 0.4) is 0 Å². The zero-order chi connectivity index (χ0) is 11.3. The Balaban J connectivity index is 2.11. The Hall–Kier alpha value is -1.35. The summed E-state index contributed by atoms with van der Waals surface area (Å²) in [5, 5.41) is 0. The molecule has 84 valence electrons. The summed E-state index contributed by atoms with van der Waals surface area (Å²) in [6, 6.07) is 4.14. The van der Waals surface area contributed by atoms with E-state index in [4.69, 9.17) is 10.2 Å². The molecule has 3 nitrogen and oxygen atoms in total. The van der Waals surface area contributed by atoms with Gasteiger partial charge in [0, 0.05) is 0 Å². The van der Waals surface area contributed by atoms with Gasteiger partial charge in [0.15, 0.2) is 5.58 Å². The zero-order valence-corrected chi connectivity index (χ0v) is 9.66. The highest BCUT2D eigenvalue weighted by atomic mass is 16.3. The molecule has 3 rings (SSSR count). The van der Waals surface area contributed by atoms with Crippen LogP contribution in [0.1, 0.15) is 35.9 Å². The lowest BCUT2D eigenvalue weighted by Gasteiger charge is -2.02. The molecule has 0 bridgehead atoms. The van der Waals surface area contributed by atoms with Crippen LogP contribution in [0, 0.1) is 19.8 Å². The van der Waals surface area contributed by atoms with E-state index >= 15 is 0 Å². The van der Waals surface area contributed by atoms with Gasteiger partial charge < -0.3 is 10.2 Å². The lowest BCUT2D eigenvalue weighted by Crippen LogP contribution is -2.12. The Morgan fingerprint density at radius 2 is 2.12 bits per heavy atom. The first-order valence-corrected chi connectivity index (χ1v) is 5.78. The third-order valence-electron chi connectivity index (χ3n) is 3.25. The van der Waals surface area contributed by atoms with Crippen molar-refractivity contribution in [3.63, 3.8) is 0 Å². The number of oxazole rings is 1. The molecule has 16 heavy (non-hydrogen) atoms. The van der Waals surface area contributed by atoms with E-state index in [1.54, 1.807) is 0 Å². The Labute approximate surface area is 94.7 Å². The van der Waals surface area contributed by atoms with Crippen LogP contribution in [-0.2, 0) is 0 Å². The minimum atomic E-state index is -0.0212. The van der Waals surface area contributed by atoms with Crippen LogP contribution < -0.4 is 5.73 Å². The molecule has 0 aliphatic heterocycles. The van der Waals surface area contributed by atoms with E-state index in [1.807, 2.05) is 6.92 Å². The SMILES string of the molecule is Cc1cc(C)c2oc(C(N)C3CC3)nc2c1. The first kappa shape index (κ1) is 9.85. The summed E-state index contributed by atoms with van der Waals surface area (Å²) in [7, 11) is 0. The molecule has 0 saturated heterocycles. The Morgan fingerprint density at radius 3 is 2.81 bits per heavy atom. The third-order valence-corrected chi connectivity index (χ3v) is 3.25. The molecule has 1 aromatic heterocycles. The van der Waals surface area contributed by atoms with Gasteiger partial charge in [-0.25, -0.2) is 4.98 Å². The number of fused-ring (bicyclic) bond motifs is 1. The smallest absolute Gasteiger partial charge is 0.212 e. The molecule has 1 aromatic carbocycles. The first-order valence-electron chi connectivity index (χ1n) is 5.78. The van der Waals surface area contributed by atoms with E-state index in [9.17, 15) is 0 Å². The van der Waals surface area contributed by atoms with E-state index in [1.165, 1.54) is 18.4 Å². The van der Waals surface area contributed by atoms with Crippen molar-refractivity contribution < 1.29 is 4.42 Å². The molecule has 3 heteroatoms. The largest absolute Gasteiger partial charge is 0.439 e. The van der Waals surface area contributed by atoms with Crippen molar-refractivity contribution in [3.8, 4) is 0 Å². The van der Waals surface area contributed by atoms with Crippen molar-refractivity contribution in [2.45, 2.75) is 32.7 Å². The summed E-state index contributed by atoms with van der Waals surface area (Å²) in [6.45, 7) is 4.12. The molecule has 1 aliphatic carbocycles. The molecule has 1 unspecified atom stereocenters. The van der Waals surface area contributed by atoms with Gasteiger partial charge >= 0.3 is 0 Å². The Bertz CT molecular complexity index is 540. The second-order valence-electron chi connectivity index (χ2n) is 4.85. The molecule has 2 N–H and O–H groups in total. The van der Waals surface area contributed by atoms with E-state index in [0.717, 1.165) is 16.7 Å². The average molecular weight is 216 g/mol. The fraction of sp³-hybridized carbons (Fsp3) is 0.462. The maximum atomic E-state index is 6.10. The highest BCUT2D eigenvalue weighted by molar-refractivity contribution is 5.77. The van der Waals surface area contributed by atoms with Crippen LogP contribution in [-0.4, -0.2) is 4.98 Å². The molecule has 0 spiro atoms. The fourth-order valence-corrected chi connectivity index (χ4v) is 2.19. The first-order chi connectivity index (χ1) is 7.65. The second-order valence-corrected chi connectivity index (χ2v) is 4.85. The van der Waals surface area contributed by atoms with Crippen LogP contribution in [0.4, 0.5) is 0 Å². The molecular formula is C13H16N2O. The van der Waals surface area contributed by atoms with Gasteiger partial charge in [-0.3, -0.25) is 0 Å². The normalized spacial score (nSPS) is 17.9. The minimum absolute atomic E-state index is 0.0212. The van der Waals surface area contributed by atoms with Gasteiger partial charge in [-0.15, -0.1) is 0 Å². The van der Waals surface area contributed by atoms with Crippen molar-refractivity contribution in [3.05, 3.63) is 29.2 Å². The summed E-state index contributed by atoms with van der Waals surface area (Å²) in [5.74, 6) is 1.28. The number of nitrogens with zero attached hydrogens (tertiary/aromatic N) is 1. The summed E-state index contributed by atoms with van der Waals surface area (Å²) < 4.78 is 5.78. The third kappa shape index (κ3) is 1.52. The molecule has 1 aliphatic rings.